The predicted octanol–water partition coefficient (Wildman–Crippen LogP) is 6.22. The van der Waals surface area contributed by atoms with E-state index < -0.39 is 11.9 Å². The second kappa shape index (κ2) is 12.7. The van der Waals surface area contributed by atoms with E-state index in [1.807, 2.05) is 12.1 Å². The van der Waals surface area contributed by atoms with E-state index >= 15 is 0 Å². The van der Waals surface area contributed by atoms with Gasteiger partial charge in [0, 0.05) is 18.0 Å². The zero-order valence-electron chi connectivity index (χ0n) is 20.9. The number of aromatic nitrogens is 1. The number of hydrogen-bond donors (Lipinski definition) is 0. The van der Waals surface area contributed by atoms with Crippen molar-refractivity contribution in [1.82, 2.24) is 4.98 Å². The first-order chi connectivity index (χ1) is 17.0. The van der Waals surface area contributed by atoms with Crippen LogP contribution < -0.4 is 9.47 Å². The van der Waals surface area contributed by atoms with E-state index in [0.717, 1.165) is 12.8 Å². The average molecular weight is 480 g/mol. The maximum Gasteiger partial charge on any atom is 0.339 e. The Balaban J connectivity index is 2.11. The van der Waals surface area contributed by atoms with Crippen molar-refractivity contribution >= 4 is 22.7 Å². The third-order valence-corrected chi connectivity index (χ3v) is 5.94. The summed E-state index contributed by atoms with van der Waals surface area (Å²) in [4.78, 5) is 29.7. The molecule has 0 N–H and O–H groups in total. The van der Waals surface area contributed by atoms with Crippen LogP contribution in [-0.4, -0.2) is 44.9 Å². The van der Waals surface area contributed by atoms with Crippen LogP contribution in [0.1, 0.15) is 66.2 Å². The summed E-state index contributed by atoms with van der Waals surface area (Å²) in [5.74, 6) is -0.147. The lowest BCUT2D eigenvalue weighted by Gasteiger charge is -2.18. The lowest BCUT2D eigenvalue weighted by molar-refractivity contribution is 0.0556. The molecular weight excluding hydrogens is 446 g/mol. The molecule has 7 heteroatoms. The minimum absolute atomic E-state index is 0.116. The Morgan fingerprint density at radius 2 is 1.51 bits per heavy atom. The molecule has 186 valence electrons. The van der Waals surface area contributed by atoms with Gasteiger partial charge < -0.3 is 18.9 Å². The molecule has 0 spiro atoms. The Labute approximate surface area is 206 Å². The van der Waals surface area contributed by atoms with Crippen LogP contribution >= 0.6 is 0 Å². The van der Waals surface area contributed by atoms with Gasteiger partial charge in [0.15, 0.2) is 11.5 Å². The standard InChI is InChI=1S/C28H33NO6/c1-5-6-7-8-9-10-15-35-24-17-20-16-22(27(30)33-3)26(28(31)34-4)25(19-11-13-29-14-12-19)21(20)18-23(24)32-2/h11-14,16-18H,5-10,15H2,1-4H3. The number of nitrogens with zero attached hydrogens (tertiary/aromatic N) is 1. The normalized spacial score (nSPS) is 10.7. The summed E-state index contributed by atoms with van der Waals surface area (Å²) in [7, 11) is 4.14. The van der Waals surface area contributed by atoms with E-state index in [0.29, 0.717) is 40.0 Å². The van der Waals surface area contributed by atoms with Gasteiger partial charge in [-0.25, -0.2) is 9.59 Å². The number of benzene rings is 2. The van der Waals surface area contributed by atoms with E-state index in [1.54, 1.807) is 37.7 Å². The number of carbonyl (C=O) groups excluding carboxylic acids is 2. The average Bonchev–Trinajstić information content (AvgIpc) is 2.90. The number of rotatable bonds is 12. The lowest BCUT2D eigenvalue weighted by Crippen LogP contribution is -2.14. The van der Waals surface area contributed by atoms with Gasteiger partial charge in [0.1, 0.15) is 0 Å². The number of fused-ring (bicyclic) bond motifs is 1. The topological polar surface area (TPSA) is 84.0 Å². The van der Waals surface area contributed by atoms with Crippen LogP contribution in [0.5, 0.6) is 11.5 Å². The zero-order valence-corrected chi connectivity index (χ0v) is 20.9. The second-order valence-corrected chi connectivity index (χ2v) is 8.23. The van der Waals surface area contributed by atoms with E-state index in [9.17, 15) is 9.59 Å². The second-order valence-electron chi connectivity index (χ2n) is 8.23. The van der Waals surface area contributed by atoms with E-state index in [1.165, 1.54) is 39.9 Å². The van der Waals surface area contributed by atoms with Crippen molar-refractivity contribution in [2.24, 2.45) is 0 Å². The molecule has 0 amide bonds. The van der Waals surface area contributed by atoms with Crippen molar-refractivity contribution in [3.05, 3.63) is 53.9 Å². The first-order valence-corrected chi connectivity index (χ1v) is 11.9. The molecule has 0 saturated heterocycles. The summed E-state index contributed by atoms with van der Waals surface area (Å²) in [5.41, 5.74) is 1.49. The van der Waals surface area contributed by atoms with Crippen LogP contribution in [-0.2, 0) is 9.47 Å². The highest BCUT2D eigenvalue weighted by Gasteiger charge is 2.27. The first kappa shape index (κ1) is 26.0. The maximum atomic E-state index is 12.9. The van der Waals surface area contributed by atoms with Crippen LogP contribution in [0.25, 0.3) is 21.9 Å². The maximum absolute atomic E-state index is 12.9. The number of unbranched alkanes of at least 4 members (excludes halogenated alkanes) is 5. The van der Waals surface area contributed by atoms with Crippen LogP contribution in [0.15, 0.2) is 42.7 Å². The highest BCUT2D eigenvalue weighted by atomic mass is 16.5. The van der Waals surface area contributed by atoms with Gasteiger partial charge in [-0.05, 0) is 53.1 Å². The Kier molecular flexibility index (Phi) is 9.47. The molecule has 0 fully saturated rings. The van der Waals surface area contributed by atoms with Crippen molar-refractivity contribution in [2.45, 2.75) is 45.4 Å². The molecule has 0 unspecified atom stereocenters. The van der Waals surface area contributed by atoms with Gasteiger partial charge in [0.25, 0.3) is 0 Å². The third-order valence-electron chi connectivity index (χ3n) is 5.94. The fraction of sp³-hybridized carbons (Fsp3) is 0.393. The molecule has 0 aliphatic rings. The summed E-state index contributed by atoms with van der Waals surface area (Å²) in [5, 5.41) is 1.43. The molecule has 0 radical (unpaired) electrons. The van der Waals surface area contributed by atoms with Gasteiger partial charge in [-0.3, -0.25) is 4.98 Å². The molecule has 0 saturated carbocycles. The van der Waals surface area contributed by atoms with Crippen LogP contribution in [0.4, 0.5) is 0 Å². The monoisotopic (exact) mass is 479 g/mol. The number of ether oxygens (including phenoxy) is 4. The molecule has 0 atom stereocenters. The van der Waals surface area contributed by atoms with E-state index in [2.05, 4.69) is 11.9 Å². The van der Waals surface area contributed by atoms with Gasteiger partial charge in [-0.15, -0.1) is 0 Å². The number of pyridine rings is 1. The van der Waals surface area contributed by atoms with Crippen molar-refractivity contribution in [2.75, 3.05) is 27.9 Å². The van der Waals surface area contributed by atoms with Crippen LogP contribution in [0.2, 0.25) is 0 Å². The molecule has 35 heavy (non-hydrogen) atoms. The van der Waals surface area contributed by atoms with Gasteiger partial charge >= 0.3 is 11.9 Å². The predicted molar refractivity (Wildman–Crippen MR) is 135 cm³/mol. The number of carbonyl (C=O) groups is 2. The first-order valence-electron chi connectivity index (χ1n) is 11.9. The van der Waals surface area contributed by atoms with Crippen molar-refractivity contribution in [1.29, 1.82) is 0 Å². The fourth-order valence-corrected chi connectivity index (χ4v) is 4.15. The quantitative estimate of drug-likeness (QED) is 0.225. The van der Waals surface area contributed by atoms with Gasteiger partial charge in [-0.2, -0.15) is 0 Å². The smallest absolute Gasteiger partial charge is 0.339 e. The van der Waals surface area contributed by atoms with Gasteiger partial charge in [0.2, 0.25) is 0 Å². The molecule has 2 aromatic carbocycles. The van der Waals surface area contributed by atoms with Crippen molar-refractivity contribution in [3.8, 4) is 22.6 Å². The molecule has 0 aliphatic heterocycles. The summed E-state index contributed by atoms with van der Waals surface area (Å²) in [6.07, 6.45) is 10.2. The Morgan fingerprint density at radius 3 is 2.17 bits per heavy atom. The molecule has 1 heterocycles. The fourth-order valence-electron chi connectivity index (χ4n) is 4.15. The zero-order chi connectivity index (χ0) is 25.2. The van der Waals surface area contributed by atoms with Crippen molar-refractivity contribution in [3.63, 3.8) is 0 Å². The summed E-state index contributed by atoms with van der Waals surface area (Å²) in [6.45, 7) is 2.77. The molecule has 3 rings (SSSR count). The Bertz CT molecular complexity index is 1160. The molecule has 0 bridgehead atoms. The summed E-state index contributed by atoms with van der Waals surface area (Å²) in [6, 6.07) is 8.85. The molecule has 0 aliphatic carbocycles. The largest absolute Gasteiger partial charge is 0.493 e. The molecule has 3 aromatic rings. The number of hydrogen-bond acceptors (Lipinski definition) is 7. The Hall–Kier alpha value is -3.61. The summed E-state index contributed by atoms with van der Waals surface area (Å²) >= 11 is 0. The SMILES string of the molecule is CCCCCCCCOc1cc2cc(C(=O)OC)c(C(=O)OC)c(-c3ccncc3)c2cc1OC. The highest BCUT2D eigenvalue weighted by Crippen LogP contribution is 2.41. The third kappa shape index (κ3) is 6.10. The van der Waals surface area contributed by atoms with Crippen LogP contribution in [0.3, 0.4) is 0 Å². The van der Waals surface area contributed by atoms with E-state index in [4.69, 9.17) is 18.9 Å². The highest BCUT2D eigenvalue weighted by molar-refractivity contribution is 6.15. The minimum Gasteiger partial charge on any atom is -0.493 e. The Morgan fingerprint density at radius 1 is 0.829 bits per heavy atom. The lowest BCUT2D eigenvalue weighted by atomic mass is 9.89. The van der Waals surface area contributed by atoms with Crippen molar-refractivity contribution < 1.29 is 28.5 Å². The molecule has 1 aromatic heterocycles. The number of methoxy groups -OCH3 is 3. The van der Waals surface area contributed by atoms with Gasteiger partial charge in [-0.1, -0.05) is 39.0 Å². The molecule has 7 nitrogen and oxygen atoms in total. The minimum atomic E-state index is -0.638. The van der Waals surface area contributed by atoms with Gasteiger partial charge in [0.05, 0.1) is 39.1 Å². The summed E-state index contributed by atoms with van der Waals surface area (Å²) < 4.78 is 21.7. The van der Waals surface area contributed by atoms with E-state index in [-0.39, 0.29) is 11.1 Å². The molecular formula is C28H33NO6. The van der Waals surface area contributed by atoms with Crippen LogP contribution in [0, 0.1) is 0 Å². The number of esters is 2.